The highest BCUT2D eigenvalue weighted by atomic mass is 32.2. The number of hydrogen-bond donors (Lipinski definition) is 2. The van der Waals surface area contributed by atoms with Crippen LogP contribution in [0.5, 0.6) is 5.75 Å². The van der Waals surface area contributed by atoms with Gasteiger partial charge in [-0.15, -0.1) is 13.2 Å². The molecular formula is C27H27F3N2O3S. The monoisotopic (exact) mass is 516 g/mol. The molecule has 0 amide bonds. The highest BCUT2D eigenvalue weighted by Crippen LogP contribution is 2.40. The molecule has 190 valence electrons. The van der Waals surface area contributed by atoms with Crippen molar-refractivity contribution in [1.82, 2.24) is 4.72 Å². The summed E-state index contributed by atoms with van der Waals surface area (Å²) in [5, 5.41) is 0. The minimum atomic E-state index is -4.81. The Bertz CT molecular complexity index is 1280. The van der Waals surface area contributed by atoms with Crippen LogP contribution in [0.4, 0.5) is 13.2 Å². The average Bonchev–Trinajstić information content (AvgIpc) is 3.00. The van der Waals surface area contributed by atoms with Gasteiger partial charge in [0.2, 0.25) is 0 Å². The maximum absolute atomic E-state index is 13.2. The van der Waals surface area contributed by atoms with Crippen LogP contribution in [0.25, 0.3) is 0 Å². The maximum Gasteiger partial charge on any atom is 0.573 e. The Morgan fingerprint density at radius 3 is 2.08 bits per heavy atom. The summed E-state index contributed by atoms with van der Waals surface area (Å²) in [4.78, 5) is 0.102. The third-order valence-corrected chi connectivity index (χ3v) is 8.45. The number of aryl methyl sites for hydroxylation is 2. The highest BCUT2D eigenvalue weighted by Gasteiger charge is 2.36. The molecule has 3 atom stereocenters. The Hall–Kier alpha value is -2.88. The van der Waals surface area contributed by atoms with E-state index in [0.717, 1.165) is 25.0 Å². The van der Waals surface area contributed by atoms with Gasteiger partial charge in [0.15, 0.2) is 0 Å². The Labute approximate surface area is 208 Å². The lowest BCUT2D eigenvalue weighted by Crippen LogP contribution is -2.43. The zero-order chi connectivity index (χ0) is 25.3. The molecule has 1 aliphatic heterocycles. The van der Waals surface area contributed by atoms with Crippen LogP contribution in [0.1, 0.15) is 41.0 Å². The van der Waals surface area contributed by atoms with Crippen molar-refractivity contribution in [3.8, 4) is 5.75 Å². The Morgan fingerprint density at radius 2 is 1.50 bits per heavy atom. The smallest absolute Gasteiger partial charge is 0.406 e. The zero-order valence-corrected chi connectivity index (χ0v) is 20.3. The van der Waals surface area contributed by atoms with Gasteiger partial charge in [-0.3, -0.25) is 0 Å². The largest absolute Gasteiger partial charge is 0.573 e. The highest BCUT2D eigenvalue weighted by molar-refractivity contribution is 7.90. The van der Waals surface area contributed by atoms with Gasteiger partial charge in [0.05, 0.1) is 11.0 Å². The summed E-state index contributed by atoms with van der Waals surface area (Å²) in [5.74, 6) is -0.400. The summed E-state index contributed by atoms with van der Waals surface area (Å²) >= 11 is 0. The van der Waals surface area contributed by atoms with Gasteiger partial charge in [-0.2, -0.15) is 0 Å². The number of ether oxygens (including phenoxy) is 2. The fourth-order valence-corrected chi connectivity index (χ4v) is 6.61. The zero-order valence-electron chi connectivity index (χ0n) is 19.5. The van der Waals surface area contributed by atoms with E-state index in [-0.39, 0.29) is 23.0 Å². The van der Waals surface area contributed by atoms with Gasteiger partial charge in [-0.1, -0.05) is 48.5 Å². The molecule has 1 fully saturated rings. The van der Waals surface area contributed by atoms with E-state index in [0.29, 0.717) is 19.4 Å². The number of nitrogens with one attached hydrogen (secondary N) is 2. The SMILES string of the molecule is N=S(=O)(NC1CCOC(C2c3ccccc3CCc3ccccc32)C1)c1ccc(OC(F)(F)F)cc1. The van der Waals surface area contributed by atoms with Crippen LogP contribution in [-0.2, 0) is 27.5 Å². The van der Waals surface area contributed by atoms with E-state index >= 15 is 0 Å². The lowest BCUT2D eigenvalue weighted by molar-refractivity contribution is -0.274. The number of halogens is 3. The first-order chi connectivity index (χ1) is 17.2. The van der Waals surface area contributed by atoms with Gasteiger partial charge in [-0.05, 0) is 72.2 Å². The number of alkyl halides is 3. The predicted molar refractivity (Wildman–Crippen MR) is 130 cm³/mol. The molecule has 0 radical (unpaired) electrons. The van der Waals surface area contributed by atoms with Gasteiger partial charge in [0.1, 0.15) is 15.7 Å². The molecule has 0 spiro atoms. The van der Waals surface area contributed by atoms with Gasteiger partial charge in [0, 0.05) is 18.6 Å². The Morgan fingerprint density at radius 1 is 0.917 bits per heavy atom. The van der Waals surface area contributed by atoms with Crippen molar-refractivity contribution in [1.29, 1.82) is 4.78 Å². The standard InChI is InChI=1S/C27H27F3N2O3S/c28-27(29,30)35-21-11-13-22(14-12-21)36(31,33)32-20-15-16-34-25(17-20)26-23-7-3-1-5-18(23)9-10-19-6-2-4-8-24(19)26/h1-8,11-14,20,25-26H,9-10,15-17H2,(H2,31,32,33). The summed E-state index contributed by atoms with van der Waals surface area (Å²) in [5.41, 5.74) is 5.06. The number of benzene rings is 3. The van der Waals surface area contributed by atoms with Crippen molar-refractivity contribution in [2.45, 2.75) is 55.0 Å². The Balaban J connectivity index is 1.37. The first kappa shape index (κ1) is 24.8. The second kappa shape index (κ2) is 9.88. The molecule has 0 saturated carbocycles. The summed E-state index contributed by atoms with van der Waals surface area (Å²) in [6.45, 7) is 0.455. The van der Waals surface area contributed by atoms with E-state index in [1.165, 1.54) is 34.4 Å². The third-order valence-electron chi connectivity index (χ3n) is 6.85. The molecule has 1 saturated heterocycles. The number of fused-ring (bicyclic) bond motifs is 2. The first-order valence-corrected chi connectivity index (χ1v) is 13.4. The van der Waals surface area contributed by atoms with Crippen molar-refractivity contribution >= 4 is 9.92 Å². The normalized spacial score (nSPS) is 22.1. The minimum absolute atomic E-state index is 0.0186. The lowest BCUT2D eigenvalue weighted by atomic mass is 9.80. The van der Waals surface area contributed by atoms with Gasteiger partial charge >= 0.3 is 6.36 Å². The van der Waals surface area contributed by atoms with Gasteiger partial charge in [0.25, 0.3) is 0 Å². The molecule has 3 unspecified atom stereocenters. The quantitative estimate of drug-likeness (QED) is 0.439. The van der Waals surface area contributed by atoms with Crippen LogP contribution in [-0.4, -0.2) is 29.3 Å². The molecule has 5 rings (SSSR count). The topological polar surface area (TPSA) is 71.4 Å². The molecule has 2 N–H and O–H groups in total. The molecule has 36 heavy (non-hydrogen) atoms. The van der Waals surface area contributed by atoms with E-state index in [1.54, 1.807) is 0 Å². The van der Waals surface area contributed by atoms with E-state index in [4.69, 9.17) is 9.52 Å². The summed E-state index contributed by atoms with van der Waals surface area (Å²) in [7, 11) is -3.45. The van der Waals surface area contributed by atoms with Crippen LogP contribution in [0.3, 0.4) is 0 Å². The molecule has 2 aliphatic rings. The van der Waals surface area contributed by atoms with E-state index in [9.17, 15) is 17.4 Å². The van der Waals surface area contributed by atoms with Crippen LogP contribution in [0.15, 0.2) is 77.7 Å². The van der Waals surface area contributed by atoms with Crippen molar-refractivity contribution < 1.29 is 26.9 Å². The Kier molecular flexibility index (Phi) is 6.80. The predicted octanol–water partition coefficient (Wildman–Crippen LogP) is 5.97. The maximum atomic E-state index is 13.2. The number of hydrogen-bond acceptors (Lipinski definition) is 4. The van der Waals surface area contributed by atoms with E-state index in [1.807, 2.05) is 12.1 Å². The molecule has 3 aromatic carbocycles. The average molecular weight is 517 g/mol. The minimum Gasteiger partial charge on any atom is -0.406 e. The van der Waals surface area contributed by atoms with Crippen molar-refractivity contribution in [2.75, 3.05) is 6.61 Å². The fourth-order valence-electron chi connectivity index (χ4n) is 5.27. The van der Waals surface area contributed by atoms with Gasteiger partial charge in [-0.25, -0.2) is 13.7 Å². The number of rotatable bonds is 5. The molecule has 1 aliphatic carbocycles. The van der Waals surface area contributed by atoms with Crippen LogP contribution < -0.4 is 9.46 Å². The molecule has 0 aromatic heterocycles. The first-order valence-electron chi connectivity index (χ1n) is 11.9. The fraction of sp³-hybridized carbons (Fsp3) is 0.333. The van der Waals surface area contributed by atoms with Crippen LogP contribution >= 0.6 is 0 Å². The molecule has 3 aromatic rings. The molecular weight excluding hydrogens is 489 g/mol. The van der Waals surface area contributed by atoms with Crippen molar-refractivity contribution in [2.24, 2.45) is 0 Å². The third kappa shape index (κ3) is 5.43. The van der Waals surface area contributed by atoms with Crippen LogP contribution in [0.2, 0.25) is 0 Å². The molecule has 1 heterocycles. The van der Waals surface area contributed by atoms with Gasteiger partial charge < -0.3 is 9.47 Å². The van der Waals surface area contributed by atoms with Crippen molar-refractivity contribution in [3.05, 3.63) is 95.1 Å². The second-order valence-corrected chi connectivity index (χ2v) is 11.0. The summed E-state index contributed by atoms with van der Waals surface area (Å²) in [6.07, 6.45) is -1.95. The molecule has 9 heteroatoms. The van der Waals surface area contributed by atoms with Crippen LogP contribution in [0, 0.1) is 4.78 Å². The summed E-state index contributed by atoms with van der Waals surface area (Å²) < 4.78 is 72.1. The van der Waals surface area contributed by atoms with E-state index in [2.05, 4.69) is 45.9 Å². The van der Waals surface area contributed by atoms with E-state index < -0.39 is 22.0 Å². The molecule has 0 bridgehead atoms. The summed E-state index contributed by atoms with van der Waals surface area (Å²) in [6, 6.07) is 21.2. The van der Waals surface area contributed by atoms with Crippen molar-refractivity contribution in [3.63, 3.8) is 0 Å². The second-order valence-electron chi connectivity index (χ2n) is 9.20. The molecule has 5 nitrogen and oxygen atoms in total. The lowest BCUT2D eigenvalue weighted by Gasteiger charge is -2.36.